The van der Waals surface area contributed by atoms with Crippen LogP contribution in [-0.2, 0) is 16.1 Å². The van der Waals surface area contributed by atoms with E-state index in [9.17, 15) is 4.79 Å². The molecule has 1 aromatic rings. The maximum Gasteiger partial charge on any atom is 0.223 e. The van der Waals surface area contributed by atoms with Crippen LogP contribution >= 0.6 is 12.4 Å². The molecule has 4 rings (SSSR count). The van der Waals surface area contributed by atoms with Crippen LogP contribution in [0.2, 0.25) is 0 Å². The lowest BCUT2D eigenvalue weighted by atomic mass is 9.92. The van der Waals surface area contributed by atoms with Crippen molar-refractivity contribution in [2.45, 2.75) is 51.7 Å². The van der Waals surface area contributed by atoms with E-state index in [0.717, 1.165) is 63.1 Å². The average Bonchev–Trinajstić information content (AvgIpc) is 3.09. The average molecular weight is 395 g/mol. The molecule has 3 fully saturated rings. The van der Waals surface area contributed by atoms with Crippen LogP contribution in [0.3, 0.4) is 0 Å². The summed E-state index contributed by atoms with van der Waals surface area (Å²) in [4.78, 5) is 12.6. The number of ether oxygens (including phenoxy) is 2. The number of rotatable bonds is 6. The van der Waals surface area contributed by atoms with Crippen molar-refractivity contribution >= 4 is 18.3 Å². The molecule has 27 heavy (non-hydrogen) atoms. The minimum atomic E-state index is 0. The summed E-state index contributed by atoms with van der Waals surface area (Å²) < 4.78 is 11.7. The summed E-state index contributed by atoms with van der Waals surface area (Å²) in [7, 11) is 0. The van der Waals surface area contributed by atoms with Crippen molar-refractivity contribution < 1.29 is 14.3 Å². The number of halogens is 1. The second-order valence-corrected chi connectivity index (χ2v) is 8.14. The van der Waals surface area contributed by atoms with Gasteiger partial charge in [0.25, 0.3) is 0 Å². The molecule has 6 heteroatoms. The van der Waals surface area contributed by atoms with Gasteiger partial charge >= 0.3 is 0 Å². The van der Waals surface area contributed by atoms with Crippen LogP contribution in [-0.4, -0.2) is 38.3 Å². The Morgan fingerprint density at radius 1 is 1.37 bits per heavy atom. The van der Waals surface area contributed by atoms with Gasteiger partial charge in [0, 0.05) is 24.6 Å². The first kappa shape index (κ1) is 20.4. The summed E-state index contributed by atoms with van der Waals surface area (Å²) >= 11 is 0. The van der Waals surface area contributed by atoms with Crippen molar-refractivity contribution in [3.63, 3.8) is 0 Å². The predicted octanol–water partition coefficient (Wildman–Crippen LogP) is 2.98. The number of hydrogen-bond donors (Lipinski definition) is 2. The van der Waals surface area contributed by atoms with Gasteiger partial charge < -0.3 is 20.1 Å². The molecule has 1 saturated carbocycles. The molecule has 2 saturated heterocycles. The second-order valence-electron chi connectivity index (χ2n) is 8.14. The van der Waals surface area contributed by atoms with Crippen molar-refractivity contribution in [1.29, 1.82) is 0 Å². The largest absolute Gasteiger partial charge is 0.491 e. The van der Waals surface area contributed by atoms with E-state index in [1.54, 1.807) is 0 Å². The monoisotopic (exact) mass is 394 g/mol. The summed E-state index contributed by atoms with van der Waals surface area (Å²) in [6.45, 7) is 6.11. The lowest BCUT2D eigenvalue weighted by Gasteiger charge is -2.23. The van der Waals surface area contributed by atoms with Gasteiger partial charge in [-0.15, -0.1) is 12.4 Å². The van der Waals surface area contributed by atoms with Gasteiger partial charge in [-0.1, -0.05) is 12.1 Å². The maximum absolute atomic E-state index is 12.6. The Labute approximate surface area is 168 Å². The van der Waals surface area contributed by atoms with Crippen molar-refractivity contribution in [2.24, 2.45) is 11.3 Å². The fraction of sp³-hybridized carbons (Fsp3) is 0.667. The first-order valence-electron chi connectivity index (χ1n) is 9.99. The Kier molecular flexibility index (Phi) is 6.66. The van der Waals surface area contributed by atoms with Gasteiger partial charge in [0.1, 0.15) is 12.4 Å². The third kappa shape index (κ3) is 4.76. The van der Waals surface area contributed by atoms with Gasteiger partial charge in [0.15, 0.2) is 0 Å². The summed E-state index contributed by atoms with van der Waals surface area (Å²) in [5.74, 6) is 1.28. The van der Waals surface area contributed by atoms with Crippen LogP contribution in [0.25, 0.3) is 0 Å². The Balaban J connectivity index is 0.00000210. The molecule has 0 bridgehead atoms. The van der Waals surface area contributed by atoms with Gasteiger partial charge in [-0.05, 0) is 69.2 Å². The predicted molar refractivity (Wildman–Crippen MR) is 107 cm³/mol. The zero-order valence-corrected chi connectivity index (χ0v) is 16.9. The highest BCUT2D eigenvalue weighted by molar-refractivity contribution is 5.85. The van der Waals surface area contributed by atoms with Gasteiger partial charge in [-0.2, -0.15) is 0 Å². The number of carbonyl (C=O) groups excluding carboxylic acids is 1. The van der Waals surface area contributed by atoms with E-state index < -0.39 is 0 Å². The van der Waals surface area contributed by atoms with Crippen LogP contribution in [0.15, 0.2) is 18.2 Å². The third-order valence-electron chi connectivity index (χ3n) is 6.23. The fourth-order valence-electron chi connectivity index (χ4n) is 4.40. The van der Waals surface area contributed by atoms with Crippen molar-refractivity contribution in [2.75, 3.05) is 26.3 Å². The van der Waals surface area contributed by atoms with Crippen molar-refractivity contribution in [1.82, 2.24) is 10.6 Å². The molecule has 1 aromatic carbocycles. The molecule has 150 valence electrons. The molecular formula is C21H31ClN2O3. The number of carbonyl (C=O) groups is 1. The molecule has 2 N–H and O–H groups in total. The van der Waals surface area contributed by atoms with Crippen LogP contribution in [0.4, 0.5) is 0 Å². The van der Waals surface area contributed by atoms with Gasteiger partial charge in [-0.25, -0.2) is 0 Å². The van der Waals surface area contributed by atoms with Crippen LogP contribution in [0.1, 0.15) is 43.2 Å². The first-order chi connectivity index (χ1) is 12.7. The highest BCUT2D eigenvalue weighted by Gasteiger charge is 2.57. The van der Waals surface area contributed by atoms with E-state index >= 15 is 0 Å². The van der Waals surface area contributed by atoms with Gasteiger partial charge in [0.2, 0.25) is 5.91 Å². The number of benzene rings is 1. The summed E-state index contributed by atoms with van der Waals surface area (Å²) in [5, 5.41) is 6.54. The molecule has 3 aliphatic rings. The molecule has 0 aromatic heterocycles. The lowest BCUT2D eigenvalue weighted by Crippen LogP contribution is -2.33. The standard InChI is InChI=1S/C21H30N2O3.ClH/c1-15-4-5-16(19(11-15)26-14-17-3-2-10-25-17)13-23-20(24)18-12-21(18)6-8-22-9-7-21;/h4-5,11,17-18,22H,2-3,6-10,12-14H2,1H3,(H,23,24);1H. The SMILES string of the molecule is Cc1ccc(CNC(=O)C2CC23CCNCC3)c(OCC2CCCO2)c1.Cl. The number of piperidine rings is 1. The topological polar surface area (TPSA) is 59.6 Å². The van der Waals surface area contributed by atoms with Gasteiger partial charge in [-0.3, -0.25) is 4.79 Å². The molecular weight excluding hydrogens is 364 g/mol. The normalized spacial score (nSPS) is 25.7. The Bertz CT molecular complexity index is 655. The minimum Gasteiger partial charge on any atom is -0.491 e. The quantitative estimate of drug-likeness (QED) is 0.778. The molecule has 1 spiro atoms. The van der Waals surface area contributed by atoms with Crippen LogP contribution < -0.4 is 15.4 Å². The molecule has 1 aliphatic carbocycles. The van der Waals surface area contributed by atoms with E-state index in [2.05, 4.69) is 35.8 Å². The summed E-state index contributed by atoms with van der Waals surface area (Å²) in [6, 6.07) is 6.20. The summed E-state index contributed by atoms with van der Waals surface area (Å²) in [6.07, 6.45) is 5.69. The molecule has 2 heterocycles. The Morgan fingerprint density at radius 3 is 2.93 bits per heavy atom. The number of nitrogens with one attached hydrogen (secondary N) is 2. The van der Waals surface area contributed by atoms with Crippen molar-refractivity contribution in [3.05, 3.63) is 29.3 Å². The highest BCUT2D eigenvalue weighted by atomic mass is 35.5. The van der Waals surface area contributed by atoms with E-state index in [1.165, 1.54) is 5.56 Å². The van der Waals surface area contributed by atoms with E-state index in [0.29, 0.717) is 13.2 Å². The molecule has 2 aliphatic heterocycles. The van der Waals surface area contributed by atoms with Crippen LogP contribution in [0.5, 0.6) is 5.75 Å². The molecule has 1 amide bonds. The maximum atomic E-state index is 12.6. The lowest BCUT2D eigenvalue weighted by molar-refractivity contribution is -0.123. The second kappa shape index (κ2) is 8.80. The van der Waals surface area contributed by atoms with E-state index in [4.69, 9.17) is 9.47 Å². The zero-order chi connectivity index (χ0) is 18.0. The van der Waals surface area contributed by atoms with E-state index in [1.807, 2.05) is 0 Å². The highest BCUT2D eigenvalue weighted by Crippen LogP contribution is 2.58. The number of amides is 1. The molecule has 2 atom stereocenters. The first-order valence-corrected chi connectivity index (χ1v) is 9.99. The summed E-state index contributed by atoms with van der Waals surface area (Å²) in [5.41, 5.74) is 2.49. The van der Waals surface area contributed by atoms with Crippen LogP contribution in [0, 0.1) is 18.3 Å². The number of hydrogen-bond acceptors (Lipinski definition) is 4. The fourth-order valence-corrected chi connectivity index (χ4v) is 4.40. The zero-order valence-electron chi connectivity index (χ0n) is 16.1. The molecule has 2 unspecified atom stereocenters. The smallest absolute Gasteiger partial charge is 0.223 e. The van der Waals surface area contributed by atoms with Crippen molar-refractivity contribution in [3.8, 4) is 5.75 Å². The molecule has 5 nitrogen and oxygen atoms in total. The Morgan fingerprint density at radius 2 is 2.19 bits per heavy atom. The Hall–Kier alpha value is -1.30. The minimum absolute atomic E-state index is 0. The van der Waals surface area contributed by atoms with E-state index in [-0.39, 0.29) is 35.8 Å². The molecule has 0 radical (unpaired) electrons. The third-order valence-corrected chi connectivity index (χ3v) is 6.23. The van der Waals surface area contributed by atoms with Gasteiger partial charge in [0.05, 0.1) is 6.10 Å². The number of aryl methyl sites for hydroxylation is 1.